The van der Waals surface area contributed by atoms with Gasteiger partial charge in [-0.3, -0.25) is 9.59 Å². The van der Waals surface area contributed by atoms with Crippen molar-refractivity contribution in [3.63, 3.8) is 0 Å². The van der Waals surface area contributed by atoms with E-state index >= 15 is 0 Å². The van der Waals surface area contributed by atoms with Gasteiger partial charge in [0.1, 0.15) is 12.2 Å². The third-order valence-corrected chi connectivity index (χ3v) is 7.79. The maximum atomic E-state index is 13.2. The van der Waals surface area contributed by atoms with Crippen molar-refractivity contribution in [3.8, 4) is 0 Å². The van der Waals surface area contributed by atoms with Gasteiger partial charge >= 0.3 is 11.9 Å². The van der Waals surface area contributed by atoms with Crippen LogP contribution in [-0.2, 0) is 19.1 Å². The van der Waals surface area contributed by atoms with Crippen LogP contribution >= 0.6 is 0 Å². The Morgan fingerprint density at radius 1 is 1.31 bits per heavy atom. The summed E-state index contributed by atoms with van der Waals surface area (Å²) >= 11 is 0. The molecule has 0 aromatic heterocycles. The van der Waals surface area contributed by atoms with Gasteiger partial charge in [0, 0.05) is 12.3 Å². The smallest absolute Gasteiger partial charge is 0.312 e. The molecule has 1 aliphatic carbocycles. The number of hydrogen-bond acceptors (Lipinski definition) is 5. The molecule has 32 heavy (non-hydrogen) atoms. The molecule has 5 heteroatoms. The fourth-order valence-electron chi connectivity index (χ4n) is 5.14. The van der Waals surface area contributed by atoms with E-state index in [-0.39, 0.29) is 42.4 Å². The standard InChI is InChI=1S/C27H44O5/c1-7-11-23(32-26(30)27(6,9-3)10-4)25-19(8-2)13-12-18(5)22(25)15-14-21-16-20(28)17-24(29)31-21/h8,12-13,18,20-23,25,28H,7,9-11,14-17H2,1-6H3/b19-8-/t18-,20-,21-,22-,23-,25-/m1/s1. The summed E-state index contributed by atoms with van der Waals surface area (Å²) in [5.41, 5.74) is 0.759. The molecule has 0 amide bonds. The van der Waals surface area contributed by atoms with Crippen molar-refractivity contribution in [1.82, 2.24) is 0 Å². The Balaban J connectivity index is 2.25. The van der Waals surface area contributed by atoms with Gasteiger partial charge in [0.15, 0.2) is 0 Å². The zero-order chi connectivity index (χ0) is 23.9. The molecule has 0 radical (unpaired) electrons. The first-order valence-corrected chi connectivity index (χ1v) is 12.6. The lowest BCUT2D eigenvalue weighted by molar-refractivity contribution is -0.166. The van der Waals surface area contributed by atoms with Crippen LogP contribution in [0.4, 0.5) is 0 Å². The molecule has 5 nitrogen and oxygen atoms in total. The molecular formula is C27H44O5. The minimum absolute atomic E-state index is 0.0898. The van der Waals surface area contributed by atoms with E-state index in [1.54, 1.807) is 0 Å². The van der Waals surface area contributed by atoms with E-state index in [1.807, 2.05) is 27.7 Å². The summed E-state index contributed by atoms with van der Waals surface area (Å²) in [6, 6.07) is 0. The molecule has 2 aliphatic rings. The van der Waals surface area contributed by atoms with Crippen LogP contribution in [0.2, 0.25) is 0 Å². The van der Waals surface area contributed by atoms with Crippen molar-refractivity contribution in [2.24, 2.45) is 23.2 Å². The zero-order valence-corrected chi connectivity index (χ0v) is 20.9. The van der Waals surface area contributed by atoms with E-state index < -0.39 is 11.5 Å². The number of allylic oxidation sites excluding steroid dienone is 3. The summed E-state index contributed by atoms with van der Waals surface area (Å²) < 4.78 is 11.8. The summed E-state index contributed by atoms with van der Waals surface area (Å²) in [5.74, 6) is 0.317. The molecule has 1 aliphatic heterocycles. The van der Waals surface area contributed by atoms with Crippen LogP contribution < -0.4 is 0 Å². The Bertz CT molecular complexity index is 690. The highest BCUT2D eigenvalue weighted by Gasteiger charge is 2.41. The molecule has 0 unspecified atom stereocenters. The Hall–Kier alpha value is -1.62. The van der Waals surface area contributed by atoms with Crippen LogP contribution in [0.25, 0.3) is 0 Å². The monoisotopic (exact) mass is 448 g/mol. The fraction of sp³-hybridized carbons (Fsp3) is 0.778. The Morgan fingerprint density at radius 2 is 2.00 bits per heavy atom. The van der Waals surface area contributed by atoms with E-state index in [9.17, 15) is 14.7 Å². The molecule has 1 heterocycles. The summed E-state index contributed by atoms with van der Waals surface area (Å²) in [4.78, 5) is 24.9. The molecule has 0 spiro atoms. The number of hydrogen-bond donors (Lipinski definition) is 1. The minimum Gasteiger partial charge on any atom is -0.462 e. The van der Waals surface area contributed by atoms with Gasteiger partial charge in [-0.25, -0.2) is 0 Å². The summed E-state index contributed by atoms with van der Waals surface area (Å²) in [6.07, 6.45) is 11.0. The number of aliphatic hydroxyl groups is 1. The third-order valence-electron chi connectivity index (χ3n) is 7.79. The maximum absolute atomic E-state index is 13.2. The number of rotatable bonds is 10. The second-order valence-corrected chi connectivity index (χ2v) is 9.98. The highest BCUT2D eigenvalue weighted by molar-refractivity contribution is 5.76. The zero-order valence-electron chi connectivity index (χ0n) is 20.9. The lowest BCUT2D eigenvalue weighted by Gasteiger charge is -2.41. The molecule has 1 N–H and O–H groups in total. The predicted octanol–water partition coefficient (Wildman–Crippen LogP) is 5.76. The van der Waals surface area contributed by atoms with Crippen molar-refractivity contribution >= 4 is 11.9 Å². The third kappa shape index (κ3) is 6.46. The molecule has 2 rings (SSSR count). The summed E-state index contributed by atoms with van der Waals surface area (Å²) in [6.45, 7) is 12.5. The van der Waals surface area contributed by atoms with Crippen molar-refractivity contribution < 1.29 is 24.2 Å². The topological polar surface area (TPSA) is 72.8 Å². The van der Waals surface area contributed by atoms with E-state index in [2.05, 4.69) is 32.1 Å². The van der Waals surface area contributed by atoms with E-state index in [0.717, 1.165) is 32.1 Å². The van der Waals surface area contributed by atoms with Crippen molar-refractivity contribution in [1.29, 1.82) is 0 Å². The van der Waals surface area contributed by atoms with Gasteiger partial charge in [-0.2, -0.15) is 0 Å². The normalized spacial score (nSPS) is 30.8. The van der Waals surface area contributed by atoms with Gasteiger partial charge in [0.2, 0.25) is 0 Å². The molecule has 0 bridgehead atoms. The molecular weight excluding hydrogens is 404 g/mol. The van der Waals surface area contributed by atoms with Crippen LogP contribution in [0.15, 0.2) is 23.8 Å². The van der Waals surface area contributed by atoms with Crippen molar-refractivity contribution in [3.05, 3.63) is 23.8 Å². The van der Waals surface area contributed by atoms with Crippen LogP contribution in [0, 0.1) is 23.2 Å². The molecule has 6 atom stereocenters. The van der Waals surface area contributed by atoms with Crippen LogP contribution in [0.5, 0.6) is 0 Å². The van der Waals surface area contributed by atoms with Gasteiger partial charge in [-0.15, -0.1) is 0 Å². The first-order valence-electron chi connectivity index (χ1n) is 12.6. The van der Waals surface area contributed by atoms with E-state index in [4.69, 9.17) is 9.47 Å². The summed E-state index contributed by atoms with van der Waals surface area (Å²) in [7, 11) is 0. The van der Waals surface area contributed by atoms with E-state index in [0.29, 0.717) is 18.8 Å². The number of aliphatic hydroxyl groups excluding tert-OH is 1. The van der Waals surface area contributed by atoms with Gasteiger partial charge in [0.05, 0.1) is 17.9 Å². The van der Waals surface area contributed by atoms with Crippen molar-refractivity contribution in [2.45, 2.75) is 111 Å². The second-order valence-electron chi connectivity index (χ2n) is 9.98. The Morgan fingerprint density at radius 3 is 2.56 bits per heavy atom. The number of cyclic esters (lactones) is 1. The average molecular weight is 449 g/mol. The number of carbonyl (C=O) groups is 2. The molecule has 182 valence electrons. The number of esters is 2. The first kappa shape index (κ1) is 26.6. The minimum atomic E-state index is -0.610. The maximum Gasteiger partial charge on any atom is 0.312 e. The van der Waals surface area contributed by atoms with Gasteiger partial charge < -0.3 is 14.6 Å². The lowest BCUT2D eigenvalue weighted by atomic mass is 9.68. The van der Waals surface area contributed by atoms with Crippen LogP contribution in [-0.4, -0.2) is 35.4 Å². The highest BCUT2D eigenvalue weighted by Crippen LogP contribution is 2.42. The Kier molecular flexibility index (Phi) is 10.00. The second kappa shape index (κ2) is 12.0. The fourth-order valence-corrected chi connectivity index (χ4v) is 5.14. The molecule has 0 aromatic rings. The van der Waals surface area contributed by atoms with Crippen LogP contribution in [0.3, 0.4) is 0 Å². The van der Waals surface area contributed by atoms with Gasteiger partial charge in [-0.05, 0) is 63.4 Å². The first-order chi connectivity index (χ1) is 15.2. The van der Waals surface area contributed by atoms with Gasteiger partial charge in [-0.1, -0.05) is 52.3 Å². The number of carbonyl (C=O) groups excluding carboxylic acids is 2. The van der Waals surface area contributed by atoms with Gasteiger partial charge in [0.25, 0.3) is 0 Å². The quantitative estimate of drug-likeness (QED) is 0.430. The van der Waals surface area contributed by atoms with Crippen molar-refractivity contribution in [2.75, 3.05) is 0 Å². The molecule has 0 saturated carbocycles. The number of ether oxygens (including phenoxy) is 2. The largest absolute Gasteiger partial charge is 0.462 e. The SMILES string of the molecule is C/C=C1/C=C[C@@H](C)[C@@H](CC[C@@H]2C[C@@H](O)CC(=O)O2)[C@@H]1[C@@H](CCC)OC(=O)C(C)(CC)CC. The summed E-state index contributed by atoms with van der Waals surface area (Å²) in [5, 5.41) is 9.97. The predicted molar refractivity (Wildman–Crippen MR) is 127 cm³/mol. The lowest BCUT2D eigenvalue weighted by Crippen LogP contribution is -2.41. The van der Waals surface area contributed by atoms with Crippen LogP contribution in [0.1, 0.15) is 92.9 Å². The van der Waals surface area contributed by atoms with E-state index in [1.165, 1.54) is 5.57 Å². The Labute approximate surface area is 194 Å². The molecule has 0 aromatic carbocycles. The molecule has 1 fully saturated rings. The average Bonchev–Trinajstić information content (AvgIpc) is 2.76. The molecule has 1 saturated heterocycles. The highest BCUT2D eigenvalue weighted by atomic mass is 16.6.